The highest BCUT2D eigenvalue weighted by Gasteiger charge is 2.31. The van der Waals surface area contributed by atoms with Gasteiger partial charge in [0.05, 0.1) is 5.92 Å². The second kappa shape index (κ2) is 10.8. The molecule has 3 amide bonds. The zero-order valence-corrected chi connectivity index (χ0v) is 19.1. The van der Waals surface area contributed by atoms with Gasteiger partial charge in [-0.25, -0.2) is 4.39 Å². The Balaban J connectivity index is 1.29. The van der Waals surface area contributed by atoms with Crippen molar-refractivity contribution < 1.29 is 18.8 Å². The summed E-state index contributed by atoms with van der Waals surface area (Å²) in [5.41, 5.74) is 0.416. The molecule has 0 spiro atoms. The molecule has 11 heteroatoms. The molecule has 9 nitrogen and oxygen atoms in total. The molecule has 2 N–H and O–H groups in total. The van der Waals surface area contributed by atoms with Gasteiger partial charge in [-0.15, -0.1) is 10.2 Å². The number of carbonyl (C=O) groups is 3. The van der Waals surface area contributed by atoms with Gasteiger partial charge in [0.15, 0.2) is 0 Å². The van der Waals surface area contributed by atoms with Crippen LogP contribution in [-0.4, -0.2) is 77.0 Å². The monoisotopic (exact) mass is 474 g/mol. The number of hydrogen-bond acceptors (Lipinski definition) is 7. The molecule has 2 aliphatic rings. The number of piperidine rings is 1. The number of rotatable bonds is 7. The van der Waals surface area contributed by atoms with Gasteiger partial charge >= 0.3 is 0 Å². The number of hydrogen-bond donors (Lipinski definition) is 2. The van der Waals surface area contributed by atoms with Crippen molar-refractivity contribution in [2.75, 3.05) is 44.6 Å². The van der Waals surface area contributed by atoms with E-state index in [1.807, 2.05) is 0 Å². The molecule has 0 bridgehead atoms. The van der Waals surface area contributed by atoms with E-state index in [2.05, 4.69) is 25.7 Å². The molecule has 2 fully saturated rings. The van der Waals surface area contributed by atoms with Crippen molar-refractivity contribution in [2.45, 2.75) is 25.7 Å². The van der Waals surface area contributed by atoms with Gasteiger partial charge in [-0.3, -0.25) is 14.4 Å². The Morgan fingerprint density at radius 2 is 1.76 bits per heavy atom. The first-order valence-corrected chi connectivity index (χ1v) is 12.0. The first kappa shape index (κ1) is 23.2. The minimum absolute atomic E-state index is 0.0247. The number of benzene rings is 1. The van der Waals surface area contributed by atoms with E-state index < -0.39 is 11.7 Å². The first-order chi connectivity index (χ1) is 16.0. The minimum atomic E-state index is -0.521. The van der Waals surface area contributed by atoms with Crippen molar-refractivity contribution in [3.05, 3.63) is 40.1 Å². The van der Waals surface area contributed by atoms with Gasteiger partial charge in [-0.2, -0.15) is 0 Å². The van der Waals surface area contributed by atoms with Crippen LogP contribution in [0.2, 0.25) is 0 Å². The summed E-state index contributed by atoms with van der Waals surface area (Å²) in [4.78, 5) is 41.8. The van der Waals surface area contributed by atoms with Crippen molar-refractivity contribution in [3.63, 3.8) is 0 Å². The van der Waals surface area contributed by atoms with E-state index in [0.29, 0.717) is 25.3 Å². The predicted octanol–water partition coefficient (Wildman–Crippen LogP) is 1.99. The van der Waals surface area contributed by atoms with Crippen LogP contribution in [0.1, 0.15) is 45.3 Å². The Morgan fingerprint density at radius 3 is 2.52 bits per heavy atom. The van der Waals surface area contributed by atoms with Gasteiger partial charge in [0, 0.05) is 31.9 Å². The zero-order chi connectivity index (χ0) is 23.2. The van der Waals surface area contributed by atoms with Crippen LogP contribution in [0.4, 0.5) is 10.1 Å². The number of carbonyl (C=O) groups excluding carboxylic acids is 3. The van der Waals surface area contributed by atoms with Crippen LogP contribution in [0.15, 0.2) is 24.3 Å². The van der Waals surface area contributed by atoms with Crippen molar-refractivity contribution >= 4 is 34.7 Å². The molecule has 0 saturated carbocycles. The van der Waals surface area contributed by atoms with Gasteiger partial charge in [-0.05, 0) is 63.0 Å². The lowest BCUT2D eigenvalue weighted by atomic mass is 9.97. The van der Waals surface area contributed by atoms with Crippen LogP contribution < -0.4 is 10.6 Å². The fraction of sp³-hybridized carbons (Fsp3) is 0.500. The Labute approximate surface area is 195 Å². The van der Waals surface area contributed by atoms with Crippen molar-refractivity contribution in [1.82, 2.24) is 25.3 Å². The van der Waals surface area contributed by atoms with E-state index in [1.54, 1.807) is 4.90 Å². The number of likely N-dealkylation sites (tertiary alicyclic amines) is 2. The van der Waals surface area contributed by atoms with Gasteiger partial charge in [0.1, 0.15) is 5.82 Å². The van der Waals surface area contributed by atoms with Crippen molar-refractivity contribution in [1.29, 1.82) is 0 Å². The maximum absolute atomic E-state index is 13.0. The molecule has 3 heterocycles. The molecule has 2 aromatic rings. The molecular weight excluding hydrogens is 447 g/mol. The van der Waals surface area contributed by atoms with Crippen LogP contribution in [0.25, 0.3) is 0 Å². The highest BCUT2D eigenvalue weighted by atomic mass is 32.1. The number of anilines is 1. The second-order valence-electron chi connectivity index (χ2n) is 8.30. The van der Waals surface area contributed by atoms with Crippen molar-refractivity contribution in [2.24, 2.45) is 5.92 Å². The number of nitrogens with zero attached hydrogens (tertiary/aromatic N) is 4. The second-order valence-corrected chi connectivity index (χ2v) is 9.28. The molecule has 4 rings (SSSR count). The maximum atomic E-state index is 13.0. The Morgan fingerprint density at radius 1 is 1.03 bits per heavy atom. The fourth-order valence-electron chi connectivity index (χ4n) is 4.12. The Bertz CT molecular complexity index is 992. The third kappa shape index (κ3) is 6.11. The highest BCUT2D eigenvalue weighted by Crippen LogP contribution is 2.21. The third-order valence-corrected chi connectivity index (χ3v) is 6.82. The Kier molecular flexibility index (Phi) is 7.61. The lowest BCUT2D eigenvalue weighted by Gasteiger charge is -2.31. The molecule has 2 aliphatic heterocycles. The molecule has 176 valence electrons. The highest BCUT2D eigenvalue weighted by molar-refractivity contribution is 7.15. The standard InChI is InChI=1S/C22H27FN6O3S/c23-16-5-7-17(8-6-16)25-19(31)20-26-27-21(33-20)22(32)29-12-3-4-15(14-29)18(30)24-9-13-28-10-1-2-11-28/h5-8,15H,1-4,9-14H2,(H,24,30)(H,25,31)/t15-/m1/s1. The summed E-state index contributed by atoms with van der Waals surface area (Å²) < 4.78 is 13.0. The molecule has 2 saturated heterocycles. The van der Waals surface area contributed by atoms with Gasteiger partial charge in [0.25, 0.3) is 11.8 Å². The third-order valence-electron chi connectivity index (χ3n) is 5.91. The Hall–Kier alpha value is -2.92. The molecule has 1 aromatic carbocycles. The van der Waals surface area contributed by atoms with Crippen LogP contribution in [0.3, 0.4) is 0 Å². The molecule has 1 atom stereocenters. The van der Waals surface area contributed by atoms with E-state index >= 15 is 0 Å². The zero-order valence-electron chi connectivity index (χ0n) is 18.3. The summed E-state index contributed by atoms with van der Waals surface area (Å²) in [6.07, 6.45) is 3.90. The molecular formula is C22H27FN6O3S. The van der Waals surface area contributed by atoms with E-state index in [-0.39, 0.29) is 27.7 Å². The predicted molar refractivity (Wildman–Crippen MR) is 122 cm³/mol. The topological polar surface area (TPSA) is 108 Å². The van der Waals surface area contributed by atoms with Crippen LogP contribution in [0.5, 0.6) is 0 Å². The normalized spacial score (nSPS) is 18.8. The van der Waals surface area contributed by atoms with E-state index in [0.717, 1.165) is 43.8 Å². The minimum Gasteiger partial charge on any atom is -0.355 e. The summed E-state index contributed by atoms with van der Waals surface area (Å²) in [5, 5.41) is 13.5. The summed E-state index contributed by atoms with van der Waals surface area (Å²) >= 11 is 0.897. The summed E-state index contributed by atoms with van der Waals surface area (Å²) in [7, 11) is 0. The SMILES string of the molecule is O=C(Nc1ccc(F)cc1)c1nnc(C(=O)N2CCC[C@@H](C(=O)NCCN3CCCC3)C2)s1. The van der Waals surface area contributed by atoms with Gasteiger partial charge in [0.2, 0.25) is 15.9 Å². The van der Waals surface area contributed by atoms with Gasteiger partial charge < -0.3 is 20.4 Å². The summed E-state index contributed by atoms with van der Waals surface area (Å²) in [6.45, 7) is 4.51. The largest absolute Gasteiger partial charge is 0.355 e. The molecule has 0 aliphatic carbocycles. The van der Waals surface area contributed by atoms with Gasteiger partial charge in [-0.1, -0.05) is 11.3 Å². The number of aromatic nitrogens is 2. The number of amides is 3. The summed E-state index contributed by atoms with van der Waals surface area (Å²) in [6, 6.07) is 5.34. The molecule has 1 aromatic heterocycles. The van der Waals surface area contributed by atoms with Crippen LogP contribution in [0, 0.1) is 11.7 Å². The smallest absolute Gasteiger partial charge is 0.286 e. The fourth-order valence-corrected chi connectivity index (χ4v) is 4.82. The van der Waals surface area contributed by atoms with E-state index in [4.69, 9.17) is 0 Å². The average molecular weight is 475 g/mol. The molecule has 33 heavy (non-hydrogen) atoms. The first-order valence-electron chi connectivity index (χ1n) is 11.2. The van der Waals surface area contributed by atoms with E-state index in [1.165, 1.54) is 37.1 Å². The van der Waals surface area contributed by atoms with E-state index in [9.17, 15) is 18.8 Å². The average Bonchev–Trinajstić information content (AvgIpc) is 3.53. The maximum Gasteiger partial charge on any atom is 0.286 e. The molecule has 0 radical (unpaired) electrons. The lowest BCUT2D eigenvalue weighted by Crippen LogP contribution is -2.46. The van der Waals surface area contributed by atoms with Crippen LogP contribution >= 0.6 is 11.3 Å². The van der Waals surface area contributed by atoms with Crippen molar-refractivity contribution in [3.8, 4) is 0 Å². The van der Waals surface area contributed by atoms with Crippen LogP contribution in [-0.2, 0) is 4.79 Å². The number of nitrogens with one attached hydrogen (secondary N) is 2. The quantitative estimate of drug-likeness (QED) is 0.636. The summed E-state index contributed by atoms with van der Waals surface area (Å²) in [5.74, 6) is -1.54. The lowest BCUT2D eigenvalue weighted by molar-refractivity contribution is -0.126. The molecule has 0 unspecified atom stereocenters. The number of halogens is 1.